The van der Waals surface area contributed by atoms with Gasteiger partial charge >= 0.3 is 0 Å². The van der Waals surface area contributed by atoms with Crippen molar-refractivity contribution >= 4 is 5.69 Å². The lowest BCUT2D eigenvalue weighted by molar-refractivity contribution is 0.404. The molecular formula is C9H14N2O2. The maximum absolute atomic E-state index is 9.24. The van der Waals surface area contributed by atoms with E-state index in [1.54, 1.807) is 6.07 Å². The molecular weight excluding hydrogens is 168 g/mol. The summed E-state index contributed by atoms with van der Waals surface area (Å²) < 4.78 is 0. The summed E-state index contributed by atoms with van der Waals surface area (Å²) in [6, 6.07) is 2.84. The summed E-state index contributed by atoms with van der Waals surface area (Å²) in [5.74, 6) is -0.508. The van der Waals surface area contributed by atoms with Gasteiger partial charge in [0.05, 0.1) is 5.69 Å². The number of phenolic OH excluding ortho intramolecular Hbond substituents is 2. The van der Waals surface area contributed by atoms with Crippen molar-refractivity contribution in [2.75, 3.05) is 5.73 Å². The van der Waals surface area contributed by atoms with Crippen molar-refractivity contribution in [3.05, 3.63) is 17.7 Å². The summed E-state index contributed by atoms with van der Waals surface area (Å²) in [5, 5.41) is 18.4. The normalized spacial score (nSPS) is 12.8. The largest absolute Gasteiger partial charge is 0.504 e. The minimum absolute atomic E-state index is 0.152. The Kier molecular flexibility index (Phi) is 2.63. The lowest BCUT2D eigenvalue weighted by Gasteiger charge is -2.11. The van der Waals surface area contributed by atoms with E-state index >= 15 is 0 Å². The summed E-state index contributed by atoms with van der Waals surface area (Å²) in [6.07, 6.45) is 0.754. The zero-order valence-corrected chi connectivity index (χ0v) is 7.49. The molecule has 1 rings (SSSR count). The highest BCUT2D eigenvalue weighted by Gasteiger charge is 2.10. The van der Waals surface area contributed by atoms with Crippen molar-refractivity contribution in [3.63, 3.8) is 0 Å². The SMILES string of the molecule is CCC(N)c1cc(N)c(O)c(O)c1. The fraction of sp³-hybridized carbons (Fsp3) is 0.333. The second-order valence-corrected chi connectivity index (χ2v) is 2.99. The van der Waals surface area contributed by atoms with Gasteiger partial charge in [0.2, 0.25) is 0 Å². The van der Waals surface area contributed by atoms with Crippen LogP contribution in [-0.4, -0.2) is 10.2 Å². The van der Waals surface area contributed by atoms with E-state index in [-0.39, 0.29) is 23.2 Å². The third-order valence-corrected chi connectivity index (χ3v) is 2.01. The molecule has 1 atom stereocenters. The zero-order chi connectivity index (χ0) is 10.0. The molecule has 0 aliphatic carbocycles. The van der Waals surface area contributed by atoms with Gasteiger partial charge in [0.15, 0.2) is 11.5 Å². The molecule has 13 heavy (non-hydrogen) atoms. The Bertz CT molecular complexity index is 289. The van der Waals surface area contributed by atoms with Gasteiger partial charge in [-0.2, -0.15) is 0 Å². The molecule has 4 nitrogen and oxygen atoms in total. The van der Waals surface area contributed by atoms with Gasteiger partial charge in [0.1, 0.15) is 0 Å². The van der Waals surface area contributed by atoms with Crippen LogP contribution in [0.4, 0.5) is 5.69 Å². The number of phenols is 2. The van der Waals surface area contributed by atoms with E-state index in [9.17, 15) is 5.11 Å². The molecule has 0 fully saturated rings. The van der Waals surface area contributed by atoms with Crippen molar-refractivity contribution in [1.82, 2.24) is 0 Å². The molecule has 0 saturated carbocycles. The third-order valence-electron chi connectivity index (χ3n) is 2.01. The number of anilines is 1. The van der Waals surface area contributed by atoms with E-state index in [2.05, 4.69) is 0 Å². The fourth-order valence-electron chi connectivity index (χ4n) is 1.11. The molecule has 72 valence electrons. The maximum Gasteiger partial charge on any atom is 0.180 e. The average molecular weight is 182 g/mol. The van der Waals surface area contributed by atoms with Gasteiger partial charge in [0, 0.05) is 6.04 Å². The molecule has 1 aromatic rings. The Balaban J connectivity index is 3.13. The van der Waals surface area contributed by atoms with Crippen LogP contribution in [-0.2, 0) is 0 Å². The Morgan fingerprint density at radius 3 is 2.46 bits per heavy atom. The molecule has 0 amide bonds. The number of hydrogen-bond donors (Lipinski definition) is 4. The monoisotopic (exact) mass is 182 g/mol. The maximum atomic E-state index is 9.24. The van der Waals surface area contributed by atoms with E-state index in [1.165, 1.54) is 6.07 Å². The number of nitrogens with two attached hydrogens (primary N) is 2. The van der Waals surface area contributed by atoms with Gasteiger partial charge in [-0.3, -0.25) is 0 Å². The molecule has 0 aliphatic rings. The van der Waals surface area contributed by atoms with Gasteiger partial charge in [-0.15, -0.1) is 0 Å². The predicted octanol–water partition coefficient (Wildman–Crippen LogP) is 1.09. The first-order valence-electron chi connectivity index (χ1n) is 4.13. The molecule has 0 bridgehead atoms. The van der Waals surface area contributed by atoms with Crippen molar-refractivity contribution in [1.29, 1.82) is 0 Å². The van der Waals surface area contributed by atoms with Crippen LogP contribution >= 0.6 is 0 Å². The van der Waals surface area contributed by atoms with E-state index in [1.807, 2.05) is 6.92 Å². The number of hydrogen-bond acceptors (Lipinski definition) is 4. The highest BCUT2D eigenvalue weighted by atomic mass is 16.3. The smallest absolute Gasteiger partial charge is 0.180 e. The topological polar surface area (TPSA) is 92.5 Å². The fourth-order valence-corrected chi connectivity index (χ4v) is 1.11. The van der Waals surface area contributed by atoms with E-state index in [0.29, 0.717) is 0 Å². The zero-order valence-electron chi connectivity index (χ0n) is 7.49. The Hall–Kier alpha value is -1.42. The first-order valence-corrected chi connectivity index (χ1v) is 4.13. The molecule has 0 radical (unpaired) electrons. The lowest BCUT2D eigenvalue weighted by atomic mass is 10.0. The highest BCUT2D eigenvalue weighted by molar-refractivity contribution is 5.61. The summed E-state index contributed by atoms with van der Waals surface area (Å²) in [6.45, 7) is 1.94. The van der Waals surface area contributed by atoms with Crippen molar-refractivity contribution in [2.24, 2.45) is 5.73 Å². The highest BCUT2D eigenvalue weighted by Crippen LogP contribution is 2.34. The van der Waals surface area contributed by atoms with Crippen molar-refractivity contribution < 1.29 is 10.2 Å². The summed E-state index contributed by atoms with van der Waals surface area (Å²) in [5.41, 5.74) is 12.1. The van der Waals surface area contributed by atoms with Gasteiger partial charge in [0.25, 0.3) is 0 Å². The van der Waals surface area contributed by atoms with Crippen LogP contribution < -0.4 is 11.5 Å². The van der Waals surface area contributed by atoms with E-state index in [0.717, 1.165) is 12.0 Å². The number of benzene rings is 1. The first-order chi connectivity index (χ1) is 6.06. The second-order valence-electron chi connectivity index (χ2n) is 2.99. The van der Waals surface area contributed by atoms with Crippen LogP contribution in [0.3, 0.4) is 0 Å². The van der Waals surface area contributed by atoms with Crippen LogP contribution in [0.25, 0.3) is 0 Å². The third kappa shape index (κ3) is 1.84. The molecule has 0 saturated heterocycles. The van der Waals surface area contributed by atoms with Crippen LogP contribution in [0.5, 0.6) is 11.5 Å². The molecule has 1 aromatic carbocycles. The van der Waals surface area contributed by atoms with E-state index < -0.39 is 0 Å². The summed E-state index contributed by atoms with van der Waals surface area (Å²) in [7, 11) is 0. The van der Waals surface area contributed by atoms with Crippen molar-refractivity contribution in [3.8, 4) is 11.5 Å². The molecule has 0 spiro atoms. The minimum Gasteiger partial charge on any atom is -0.504 e. The second kappa shape index (κ2) is 3.53. The van der Waals surface area contributed by atoms with Gasteiger partial charge in [-0.25, -0.2) is 0 Å². The molecule has 0 heterocycles. The number of aromatic hydroxyl groups is 2. The molecule has 1 unspecified atom stereocenters. The van der Waals surface area contributed by atoms with Crippen LogP contribution in [0.15, 0.2) is 12.1 Å². The minimum atomic E-state index is -0.285. The number of nitrogen functional groups attached to an aromatic ring is 1. The van der Waals surface area contributed by atoms with Gasteiger partial charge in [-0.1, -0.05) is 6.92 Å². The number of rotatable bonds is 2. The summed E-state index contributed by atoms with van der Waals surface area (Å²) >= 11 is 0. The van der Waals surface area contributed by atoms with Crippen molar-refractivity contribution in [2.45, 2.75) is 19.4 Å². The molecule has 0 aromatic heterocycles. The average Bonchev–Trinajstić information content (AvgIpc) is 2.12. The first kappa shape index (κ1) is 9.67. The standard InChI is InChI=1S/C9H14N2O2/c1-2-6(10)5-3-7(11)9(13)8(12)4-5/h3-4,6,12-13H,2,10-11H2,1H3. The van der Waals surface area contributed by atoms with Crippen LogP contribution in [0.2, 0.25) is 0 Å². The summed E-state index contributed by atoms with van der Waals surface area (Å²) in [4.78, 5) is 0. The van der Waals surface area contributed by atoms with Gasteiger partial charge in [-0.05, 0) is 24.1 Å². The Morgan fingerprint density at radius 2 is 2.00 bits per heavy atom. The van der Waals surface area contributed by atoms with Gasteiger partial charge < -0.3 is 21.7 Å². The molecule has 4 heteroatoms. The Morgan fingerprint density at radius 1 is 1.38 bits per heavy atom. The predicted molar refractivity (Wildman–Crippen MR) is 51.4 cm³/mol. The lowest BCUT2D eigenvalue weighted by Crippen LogP contribution is -2.08. The van der Waals surface area contributed by atoms with E-state index in [4.69, 9.17) is 16.6 Å². The Labute approximate surface area is 76.8 Å². The quantitative estimate of drug-likeness (QED) is 0.407. The molecule has 6 N–H and O–H groups in total. The molecule has 0 aliphatic heterocycles. The van der Waals surface area contributed by atoms with Crippen LogP contribution in [0, 0.1) is 0 Å². The van der Waals surface area contributed by atoms with Crippen LogP contribution in [0.1, 0.15) is 24.9 Å².